The van der Waals surface area contributed by atoms with Crippen LogP contribution in [0.1, 0.15) is 54.3 Å². The van der Waals surface area contributed by atoms with Crippen molar-refractivity contribution < 1.29 is 28.8 Å². The summed E-state index contributed by atoms with van der Waals surface area (Å²) in [4.78, 5) is 52.0. The predicted octanol–water partition coefficient (Wildman–Crippen LogP) is 1.18. The van der Waals surface area contributed by atoms with Gasteiger partial charge in [-0.2, -0.15) is 0 Å². The van der Waals surface area contributed by atoms with Crippen molar-refractivity contribution in [1.82, 2.24) is 5.06 Å². The minimum atomic E-state index is -1.04. The lowest BCUT2D eigenvalue weighted by Crippen LogP contribution is -2.33. The zero-order valence-electron chi connectivity index (χ0n) is 13.6. The number of nitrogens with two attached hydrogens (primary N) is 1. The van der Waals surface area contributed by atoms with E-state index in [1.165, 1.54) is 18.2 Å². The Labute approximate surface area is 138 Å². The molecular weight excluding hydrogens is 316 g/mol. The normalized spacial score (nSPS) is 14.7. The lowest BCUT2D eigenvalue weighted by Gasteiger charge is -2.23. The number of hydrogen-bond donors (Lipinski definition) is 1. The van der Waals surface area contributed by atoms with Crippen molar-refractivity contribution in [3.05, 3.63) is 29.3 Å². The molecule has 0 aliphatic carbocycles. The van der Waals surface area contributed by atoms with E-state index in [2.05, 4.69) is 0 Å². The first-order valence-electron chi connectivity index (χ1n) is 7.30. The second-order valence-corrected chi connectivity index (χ2v) is 6.22. The van der Waals surface area contributed by atoms with E-state index in [0.29, 0.717) is 5.06 Å². The van der Waals surface area contributed by atoms with Crippen LogP contribution in [0.4, 0.5) is 0 Å². The van der Waals surface area contributed by atoms with Gasteiger partial charge in [0.2, 0.25) is 0 Å². The van der Waals surface area contributed by atoms with E-state index in [1.54, 1.807) is 20.8 Å². The van der Waals surface area contributed by atoms with Gasteiger partial charge < -0.3 is 15.3 Å². The molecule has 1 aromatic rings. The molecule has 1 aliphatic rings. The van der Waals surface area contributed by atoms with Crippen LogP contribution in [0.5, 0.6) is 5.75 Å². The molecule has 24 heavy (non-hydrogen) atoms. The third-order valence-electron chi connectivity index (χ3n) is 3.09. The maximum Gasteiger partial charge on any atom is 0.364 e. The largest absolute Gasteiger partial charge is 0.487 e. The van der Waals surface area contributed by atoms with E-state index in [9.17, 15) is 19.2 Å². The van der Waals surface area contributed by atoms with Gasteiger partial charge in [-0.3, -0.25) is 14.4 Å². The second-order valence-electron chi connectivity index (χ2n) is 6.22. The van der Waals surface area contributed by atoms with Crippen LogP contribution in [0.2, 0.25) is 0 Å². The molecule has 0 unspecified atom stereocenters. The van der Waals surface area contributed by atoms with Crippen molar-refractivity contribution in [3.8, 4) is 5.75 Å². The quantitative estimate of drug-likeness (QED) is 0.827. The number of carbonyl (C=O) groups excluding carboxylic acids is 4. The second kappa shape index (κ2) is 6.31. The number of hydrogen-bond acceptors (Lipinski definition) is 6. The summed E-state index contributed by atoms with van der Waals surface area (Å²) < 4.78 is 5.64. The van der Waals surface area contributed by atoms with Crippen molar-refractivity contribution in [2.45, 2.75) is 39.2 Å². The van der Waals surface area contributed by atoms with Gasteiger partial charge >= 0.3 is 5.97 Å². The van der Waals surface area contributed by atoms with Crippen LogP contribution in [0, 0.1) is 0 Å². The van der Waals surface area contributed by atoms with E-state index in [0.717, 1.165) is 0 Å². The maximum atomic E-state index is 12.3. The topological polar surface area (TPSA) is 116 Å². The molecule has 0 bridgehead atoms. The van der Waals surface area contributed by atoms with Gasteiger partial charge in [0, 0.05) is 12.8 Å². The molecule has 1 fully saturated rings. The van der Waals surface area contributed by atoms with Crippen LogP contribution in [-0.2, 0) is 14.4 Å². The molecule has 1 aromatic carbocycles. The van der Waals surface area contributed by atoms with Gasteiger partial charge in [-0.1, -0.05) is 6.07 Å². The zero-order valence-corrected chi connectivity index (χ0v) is 13.6. The molecule has 0 atom stereocenters. The number of primary amides is 1. The molecular formula is C16H18N2O6. The standard InChI is InChI=1S/C16H18N2O6/c1-16(2,3)23-10-6-4-5-9(13(10)14(17)21)15(22)24-18-11(19)7-8-12(18)20/h4-6H,7-8H2,1-3H3,(H2,17,21). The summed E-state index contributed by atoms with van der Waals surface area (Å²) in [5.74, 6) is -3.04. The maximum absolute atomic E-state index is 12.3. The van der Waals surface area contributed by atoms with Gasteiger partial charge in [0.25, 0.3) is 17.7 Å². The molecule has 1 saturated heterocycles. The fourth-order valence-corrected chi connectivity index (χ4v) is 2.16. The number of nitrogens with zero attached hydrogens (tertiary/aromatic N) is 1. The van der Waals surface area contributed by atoms with Gasteiger partial charge in [0.15, 0.2) is 0 Å². The number of rotatable bonds is 4. The molecule has 1 heterocycles. The van der Waals surface area contributed by atoms with Gasteiger partial charge in [0.05, 0.1) is 11.1 Å². The fourth-order valence-electron chi connectivity index (χ4n) is 2.16. The Bertz CT molecular complexity index is 704. The van der Waals surface area contributed by atoms with E-state index in [1.807, 2.05) is 0 Å². The highest BCUT2D eigenvalue weighted by atomic mass is 16.7. The molecule has 8 heteroatoms. The lowest BCUT2D eigenvalue weighted by atomic mass is 10.1. The Morgan fingerprint density at radius 2 is 1.71 bits per heavy atom. The summed E-state index contributed by atoms with van der Waals surface area (Å²) >= 11 is 0. The highest BCUT2D eigenvalue weighted by Crippen LogP contribution is 2.27. The first-order valence-corrected chi connectivity index (χ1v) is 7.30. The molecule has 3 amide bonds. The smallest absolute Gasteiger partial charge is 0.364 e. The van der Waals surface area contributed by atoms with Crippen LogP contribution in [-0.4, -0.2) is 34.4 Å². The Morgan fingerprint density at radius 1 is 1.12 bits per heavy atom. The van der Waals surface area contributed by atoms with Crippen LogP contribution in [0.15, 0.2) is 18.2 Å². The van der Waals surface area contributed by atoms with Gasteiger partial charge in [-0.05, 0) is 32.9 Å². The minimum Gasteiger partial charge on any atom is -0.487 e. The van der Waals surface area contributed by atoms with Crippen LogP contribution < -0.4 is 10.5 Å². The predicted molar refractivity (Wildman–Crippen MR) is 81.8 cm³/mol. The van der Waals surface area contributed by atoms with E-state index in [4.69, 9.17) is 15.3 Å². The van der Waals surface area contributed by atoms with E-state index >= 15 is 0 Å². The Balaban J connectivity index is 2.37. The van der Waals surface area contributed by atoms with E-state index in [-0.39, 0.29) is 29.7 Å². The minimum absolute atomic E-state index is 0.0258. The number of ether oxygens (including phenoxy) is 1. The highest BCUT2D eigenvalue weighted by Gasteiger charge is 2.34. The summed E-state index contributed by atoms with van der Waals surface area (Å²) in [7, 11) is 0. The summed E-state index contributed by atoms with van der Waals surface area (Å²) in [6, 6.07) is 4.29. The van der Waals surface area contributed by atoms with Gasteiger partial charge in [0.1, 0.15) is 11.4 Å². The van der Waals surface area contributed by atoms with Crippen molar-refractivity contribution in [2.24, 2.45) is 5.73 Å². The molecule has 0 spiro atoms. The van der Waals surface area contributed by atoms with Gasteiger partial charge in [-0.25, -0.2) is 4.79 Å². The first kappa shape index (κ1) is 17.5. The molecule has 2 rings (SSSR count). The molecule has 128 valence electrons. The van der Waals surface area contributed by atoms with Crippen molar-refractivity contribution in [2.75, 3.05) is 0 Å². The fraction of sp³-hybridized carbons (Fsp3) is 0.375. The SMILES string of the molecule is CC(C)(C)Oc1cccc(C(=O)ON2C(=O)CCC2=O)c1C(N)=O. The monoisotopic (exact) mass is 334 g/mol. The average molecular weight is 334 g/mol. The van der Waals surface area contributed by atoms with Gasteiger partial charge in [-0.15, -0.1) is 5.06 Å². The van der Waals surface area contributed by atoms with Crippen LogP contribution in [0.3, 0.4) is 0 Å². The number of hydroxylamine groups is 2. The van der Waals surface area contributed by atoms with Crippen molar-refractivity contribution >= 4 is 23.7 Å². The van der Waals surface area contributed by atoms with Crippen LogP contribution >= 0.6 is 0 Å². The molecule has 0 saturated carbocycles. The average Bonchev–Trinajstić information content (AvgIpc) is 2.76. The van der Waals surface area contributed by atoms with Crippen LogP contribution in [0.25, 0.3) is 0 Å². The number of carbonyl (C=O) groups is 4. The third-order valence-corrected chi connectivity index (χ3v) is 3.09. The third kappa shape index (κ3) is 3.70. The summed E-state index contributed by atoms with van der Waals surface area (Å²) in [6.07, 6.45) is -0.0517. The van der Waals surface area contributed by atoms with Crippen molar-refractivity contribution in [1.29, 1.82) is 0 Å². The van der Waals surface area contributed by atoms with Crippen molar-refractivity contribution in [3.63, 3.8) is 0 Å². The highest BCUT2D eigenvalue weighted by molar-refractivity contribution is 6.08. The molecule has 2 N–H and O–H groups in total. The lowest BCUT2D eigenvalue weighted by molar-refractivity contribution is -0.172. The number of imide groups is 1. The van der Waals surface area contributed by atoms with E-state index < -0.39 is 29.3 Å². The first-order chi connectivity index (χ1) is 11.1. The Hall–Kier alpha value is -2.90. The molecule has 0 aromatic heterocycles. The molecule has 8 nitrogen and oxygen atoms in total. The summed E-state index contributed by atoms with van der Waals surface area (Å²) in [5, 5.41) is 0.407. The number of amides is 3. The molecule has 0 radical (unpaired) electrons. The Morgan fingerprint density at radius 3 is 2.21 bits per heavy atom. The Kier molecular flexibility index (Phi) is 4.59. The number of benzene rings is 1. The molecule has 1 aliphatic heterocycles. The summed E-state index contributed by atoms with van der Waals surface area (Å²) in [6.45, 7) is 5.30. The zero-order chi connectivity index (χ0) is 18.1. The summed E-state index contributed by atoms with van der Waals surface area (Å²) in [5.41, 5.74) is 4.38.